The Morgan fingerprint density at radius 2 is 1.05 bits per heavy atom. The normalized spacial score (nSPS) is 10.6. The molecule has 188 valence electrons. The van der Waals surface area contributed by atoms with Gasteiger partial charge in [-0.15, -0.1) is 22.7 Å². The van der Waals surface area contributed by atoms with Gasteiger partial charge in [0.25, 0.3) is 11.8 Å². The minimum Gasteiger partial charge on any atom is -0.478 e. The van der Waals surface area contributed by atoms with Crippen molar-refractivity contribution in [1.29, 1.82) is 0 Å². The number of aromatic carboxylic acids is 2. The largest absolute Gasteiger partial charge is 0.478 e. The van der Waals surface area contributed by atoms with E-state index >= 15 is 0 Å². The average molecular weight is 664 g/mol. The Kier molecular flexibility index (Phi) is 8.22. The number of anilines is 2. The van der Waals surface area contributed by atoms with Crippen molar-refractivity contribution >= 4 is 89.7 Å². The lowest BCUT2D eigenvalue weighted by Crippen LogP contribution is -2.14. The molecule has 37 heavy (non-hydrogen) atoms. The van der Waals surface area contributed by atoms with Crippen LogP contribution in [0.5, 0.6) is 0 Å². The number of rotatable bonds is 8. The van der Waals surface area contributed by atoms with E-state index in [-0.39, 0.29) is 28.9 Å². The molecule has 0 spiro atoms. The number of nitrogens with one attached hydrogen (secondary N) is 2. The topological polar surface area (TPSA) is 133 Å². The van der Waals surface area contributed by atoms with E-state index in [2.05, 4.69) is 42.5 Å². The van der Waals surface area contributed by atoms with Crippen LogP contribution in [-0.2, 0) is 6.42 Å². The van der Waals surface area contributed by atoms with Gasteiger partial charge in [-0.1, -0.05) is 12.1 Å². The maximum atomic E-state index is 12.5. The molecule has 0 unspecified atom stereocenters. The fourth-order valence-corrected chi connectivity index (χ4v) is 6.01. The minimum absolute atomic E-state index is 0.0917. The summed E-state index contributed by atoms with van der Waals surface area (Å²) in [4.78, 5) is 49.6. The molecule has 4 rings (SSSR count). The van der Waals surface area contributed by atoms with Crippen molar-refractivity contribution in [2.75, 3.05) is 10.6 Å². The van der Waals surface area contributed by atoms with Crippen molar-refractivity contribution in [2.24, 2.45) is 0 Å². The van der Waals surface area contributed by atoms with E-state index in [4.69, 9.17) is 0 Å². The first-order chi connectivity index (χ1) is 17.6. The van der Waals surface area contributed by atoms with Crippen LogP contribution < -0.4 is 10.6 Å². The molecule has 0 fully saturated rings. The average Bonchev–Trinajstić information content (AvgIpc) is 3.49. The van der Waals surface area contributed by atoms with Crippen molar-refractivity contribution in [2.45, 2.75) is 6.42 Å². The molecule has 4 N–H and O–H groups in total. The molecule has 0 aliphatic heterocycles. The van der Waals surface area contributed by atoms with Crippen LogP contribution >= 0.6 is 54.5 Å². The number of halogens is 2. The SMILES string of the molecule is O=C(Nc1ccc(Cc2ccc(NC(=O)c3ccc(Br)s3)c(C(=O)O)c2)cc1C(=O)O)c1ccc(Br)s1. The number of carbonyl (C=O) groups is 4. The Balaban J connectivity index is 1.55. The summed E-state index contributed by atoms with van der Waals surface area (Å²) in [6.07, 6.45) is 0.235. The number of thiophene rings is 2. The van der Waals surface area contributed by atoms with Crippen LogP contribution in [0.25, 0.3) is 0 Å². The van der Waals surface area contributed by atoms with Gasteiger partial charge in [0.2, 0.25) is 0 Å². The van der Waals surface area contributed by atoms with Gasteiger partial charge in [-0.25, -0.2) is 9.59 Å². The third kappa shape index (κ3) is 6.52. The molecule has 0 aliphatic carbocycles. The summed E-state index contributed by atoms with van der Waals surface area (Å²) in [6.45, 7) is 0. The van der Waals surface area contributed by atoms with E-state index in [0.29, 0.717) is 20.9 Å². The Morgan fingerprint density at radius 1 is 0.649 bits per heavy atom. The van der Waals surface area contributed by atoms with Crippen LogP contribution in [0.15, 0.2) is 68.2 Å². The lowest BCUT2D eigenvalue weighted by Gasteiger charge is -2.12. The number of carboxylic acids is 2. The van der Waals surface area contributed by atoms with Crippen LogP contribution in [0, 0.1) is 0 Å². The first-order valence-electron chi connectivity index (χ1n) is 10.5. The smallest absolute Gasteiger partial charge is 0.337 e. The van der Waals surface area contributed by atoms with E-state index in [9.17, 15) is 29.4 Å². The van der Waals surface area contributed by atoms with Gasteiger partial charge >= 0.3 is 11.9 Å². The second-order valence-corrected chi connectivity index (χ2v) is 12.6. The lowest BCUT2D eigenvalue weighted by atomic mass is 9.99. The fourth-order valence-electron chi connectivity index (χ4n) is 3.45. The number of carboxylic acid groups (broad SMARTS) is 2. The van der Waals surface area contributed by atoms with Gasteiger partial charge in [0.1, 0.15) is 0 Å². The summed E-state index contributed by atoms with van der Waals surface area (Å²) in [5, 5.41) is 24.7. The van der Waals surface area contributed by atoms with Crippen molar-refractivity contribution in [1.82, 2.24) is 0 Å². The molecule has 0 bridgehead atoms. The van der Waals surface area contributed by atoms with Gasteiger partial charge in [-0.3, -0.25) is 9.59 Å². The van der Waals surface area contributed by atoms with E-state index in [1.165, 1.54) is 46.9 Å². The molecular formula is C25H16Br2N2O6S2. The zero-order valence-electron chi connectivity index (χ0n) is 18.6. The number of benzene rings is 2. The van der Waals surface area contributed by atoms with Gasteiger partial charge < -0.3 is 20.8 Å². The first kappa shape index (κ1) is 26.7. The Hall–Kier alpha value is -3.32. The molecule has 2 amide bonds. The molecule has 0 saturated heterocycles. The van der Waals surface area contributed by atoms with Crippen molar-refractivity contribution < 1.29 is 29.4 Å². The molecule has 2 aromatic carbocycles. The Morgan fingerprint density at radius 3 is 1.38 bits per heavy atom. The van der Waals surface area contributed by atoms with Crippen LogP contribution in [0.4, 0.5) is 11.4 Å². The summed E-state index contributed by atoms with van der Waals surface area (Å²) < 4.78 is 1.55. The second-order valence-electron chi connectivity index (χ2n) is 7.66. The second kappa shape index (κ2) is 11.4. The summed E-state index contributed by atoms with van der Waals surface area (Å²) in [7, 11) is 0. The molecule has 0 radical (unpaired) electrons. The number of amides is 2. The molecule has 0 saturated carbocycles. The van der Waals surface area contributed by atoms with E-state index in [1.807, 2.05) is 0 Å². The van der Waals surface area contributed by atoms with Crippen LogP contribution in [0.1, 0.15) is 51.2 Å². The van der Waals surface area contributed by atoms with Crippen molar-refractivity contribution in [3.8, 4) is 0 Å². The highest BCUT2D eigenvalue weighted by Gasteiger charge is 2.18. The zero-order chi connectivity index (χ0) is 26.7. The molecule has 4 aromatic rings. The maximum absolute atomic E-state index is 12.5. The highest BCUT2D eigenvalue weighted by atomic mass is 79.9. The Labute approximate surface area is 235 Å². The van der Waals surface area contributed by atoms with Gasteiger partial charge in [0, 0.05) is 0 Å². The summed E-state index contributed by atoms with van der Waals surface area (Å²) in [5.74, 6) is -3.28. The van der Waals surface area contributed by atoms with Crippen LogP contribution in [0.3, 0.4) is 0 Å². The summed E-state index contributed by atoms with van der Waals surface area (Å²) in [6, 6.07) is 15.9. The molecule has 2 aromatic heterocycles. The summed E-state index contributed by atoms with van der Waals surface area (Å²) in [5.41, 5.74) is 1.32. The van der Waals surface area contributed by atoms with Crippen molar-refractivity contribution in [3.63, 3.8) is 0 Å². The minimum atomic E-state index is -1.21. The molecule has 0 aliphatic rings. The zero-order valence-corrected chi connectivity index (χ0v) is 23.4. The molecule has 12 heteroatoms. The standard InChI is InChI=1S/C25H16Br2N2O6S2/c26-20-7-5-18(36-20)22(30)28-16-3-1-12(10-14(16)24(32)33)9-13-2-4-17(15(11-13)25(34)35)29-23(31)19-6-8-21(27)37-19/h1-8,10-11H,9H2,(H,28,30)(H,29,31)(H,32,33)(H,34,35). The predicted octanol–water partition coefficient (Wildman–Crippen LogP) is 6.83. The molecular weight excluding hydrogens is 648 g/mol. The van der Waals surface area contributed by atoms with Gasteiger partial charge in [-0.2, -0.15) is 0 Å². The van der Waals surface area contributed by atoms with E-state index < -0.39 is 23.8 Å². The molecule has 0 atom stereocenters. The van der Waals surface area contributed by atoms with Gasteiger partial charge in [-0.05, 0) is 97.9 Å². The Bertz CT molecular complexity index is 1430. The van der Waals surface area contributed by atoms with Gasteiger partial charge in [0.15, 0.2) is 0 Å². The number of carbonyl (C=O) groups excluding carboxylic acids is 2. The summed E-state index contributed by atoms with van der Waals surface area (Å²) >= 11 is 9.03. The van der Waals surface area contributed by atoms with E-state index in [1.54, 1.807) is 36.4 Å². The molecule has 2 heterocycles. The third-order valence-corrected chi connectivity index (χ3v) is 8.37. The number of hydrogen-bond donors (Lipinski definition) is 4. The quantitative estimate of drug-likeness (QED) is 0.163. The third-order valence-electron chi connectivity index (χ3n) is 5.13. The van der Waals surface area contributed by atoms with Crippen LogP contribution in [-0.4, -0.2) is 34.0 Å². The molecule has 8 nitrogen and oxygen atoms in total. The maximum Gasteiger partial charge on any atom is 0.337 e. The van der Waals surface area contributed by atoms with Crippen LogP contribution in [0.2, 0.25) is 0 Å². The van der Waals surface area contributed by atoms with E-state index in [0.717, 1.165) is 7.57 Å². The number of hydrogen-bond acceptors (Lipinski definition) is 6. The lowest BCUT2D eigenvalue weighted by molar-refractivity contribution is 0.0687. The monoisotopic (exact) mass is 662 g/mol. The van der Waals surface area contributed by atoms with Gasteiger partial charge in [0.05, 0.1) is 39.8 Å². The predicted molar refractivity (Wildman–Crippen MR) is 150 cm³/mol. The first-order valence-corrected chi connectivity index (χ1v) is 13.7. The van der Waals surface area contributed by atoms with Crippen molar-refractivity contribution in [3.05, 3.63) is 100 Å². The highest BCUT2D eigenvalue weighted by molar-refractivity contribution is 9.11. The highest BCUT2D eigenvalue weighted by Crippen LogP contribution is 2.27. The fraction of sp³-hybridized carbons (Fsp3) is 0.0400.